The van der Waals surface area contributed by atoms with Gasteiger partial charge >= 0.3 is 0 Å². The molecule has 0 atom stereocenters. The van der Waals surface area contributed by atoms with E-state index in [0.29, 0.717) is 12.2 Å². The number of nitrogen functional groups attached to an aromatic ring is 1. The Hall–Kier alpha value is -1.33. The van der Waals surface area contributed by atoms with E-state index in [4.69, 9.17) is 5.73 Å². The lowest BCUT2D eigenvalue weighted by molar-refractivity contribution is 0.171. The Morgan fingerprint density at radius 2 is 2.16 bits per heavy atom. The van der Waals surface area contributed by atoms with Gasteiger partial charge in [-0.3, -0.25) is 4.98 Å². The molecule has 4 nitrogen and oxygen atoms in total. The predicted molar refractivity (Wildman–Crippen MR) is 83.2 cm³/mol. The summed E-state index contributed by atoms with van der Waals surface area (Å²) in [5, 5.41) is 13.5. The Labute approximate surface area is 121 Å². The van der Waals surface area contributed by atoms with E-state index in [9.17, 15) is 5.11 Å². The Kier molecular flexibility index (Phi) is 3.96. The predicted octanol–water partition coefficient (Wildman–Crippen LogP) is 3.01. The van der Waals surface area contributed by atoms with E-state index in [-0.39, 0.29) is 12.0 Å². The fourth-order valence-electron chi connectivity index (χ4n) is 1.75. The molecule has 102 valence electrons. The van der Waals surface area contributed by atoms with Crippen LogP contribution in [0, 0.1) is 5.41 Å². The Morgan fingerprint density at radius 1 is 1.42 bits per heavy atom. The van der Waals surface area contributed by atoms with Gasteiger partial charge in [0.2, 0.25) is 0 Å². The van der Waals surface area contributed by atoms with Crippen LogP contribution >= 0.6 is 15.9 Å². The third kappa shape index (κ3) is 3.16. The van der Waals surface area contributed by atoms with Crippen LogP contribution in [0.5, 0.6) is 0 Å². The molecule has 0 aliphatic rings. The molecule has 19 heavy (non-hydrogen) atoms. The molecule has 0 spiro atoms. The normalized spacial score (nSPS) is 11.8. The van der Waals surface area contributed by atoms with Gasteiger partial charge in [0.15, 0.2) is 0 Å². The van der Waals surface area contributed by atoms with E-state index in [1.54, 1.807) is 6.20 Å². The van der Waals surface area contributed by atoms with Crippen molar-refractivity contribution in [1.29, 1.82) is 0 Å². The van der Waals surface area contributed by atoms with Crippen molar-refractivity contribution in [1.82, 2.24) is 4.98 Å². The molecular weight excluding hydrogens is 306 g/mol. The zero-order valence-electron chi connectivity index (χ0n) is 11.1. The number of hydrogen-bond donors (Lipinski definition) is 3. The first-order valence-electron chi connectivity index (χ1n) is 6.11. The molecule has 2 rings (SSSR count). The lowest BCUT2D eigenvalue weighted by Crippen LogP contribution is -2.26. The van der Waals surface area contributed by atoms with Gasteiger partial charge in [-0.15, -0.1) is 0 Å². The number of aliphatic hydroxyl groups is 1. The van der Waals surface area contributed by atoms with Crippen LogP contribution < -0.4 is 11.1 Å². The molecule has 0 unspecified atom stereocenters. The molecule has 0 radical (unpaired) electrons. The second-order valence-corrected chi connectivity index (χ2v) is 6.34. The number of pyridine rings is 1. The monoisotopic (exact) mass is 323 g/mol. The van der Waals surface area contributed by atoms with E-state index in [2.05, 4.69) is 26.2 Å². The first-order chi connectivity index (χ1) is 8.93. The smallest absolute Gasteiger partial charge is 0.0954 e. The number of benzene rings is 1. The molecule has 1 heterocycles. The molecule has 5 heteroatoms. The van der Waals surface area contributed by atoms with Crippen LogP contribution in [0.4, 0.5) is 11.4 Å². The van der Waals surface area contributed by atoms with Gasteiger partial charge in [0, 0.05) is 40.3 Å². The van der Waals surface area contributed by atoms with E-state index >= 15 is 0 Å². The van der Waals surface area contributed by atoms with Crippen LogP contribution in [-0.2, 0) is 0 Å². The van der Waals surface area contributed by atoms with Gasteiger partial charge in [-0.05, 0) is 34.1 Å². The molecule has 0 saturated heterocycles. The number of fused-ring (bicyclic) bond motifs is 1. The second kappa shape index (κ2) is 5.35. The number of aromatic nitrogens is 1. The highest BCUT2D eigenvalue weighted by Crippen LogP contribution is 2.29. The molecule has 0 aliphatic heterocycles. The van der Waals surface area contributed by atoms with Gasteiger partial charge in [-0.1, -0.05) is 13.8 Å². The minimum Gasteiger partial charge on any atom is -0.398 e. The summed E-state index contributed by atoms with van der Waals surface area (Å²) in [4.78, 5) is 4.42. The van der Waals surface area contributed by atoms with E-state index < -0.39 is 0 Å². The molecule has 1 aromatic carbocycles. The standard InChI is InChI=1S/C14H18BrN3O/c1-14(2,8-19)7-18-12-4-3-11(16)10-5-9(15)6-17-13(10)12/h3-6,18-19H,7-8,16H2,1-2H3. The first kappa shape index (κ1) is 14.1. The maximum Gasteiger partial charge on any atom is 0.0954 e. The number of nitrogens with two attached hydrogens (primary N) is 1. The summed E-state index contributed by atoms with van der Waals surface area (Å²) in [5.74, 6) is 0. The van der Waals surface area contributed by atoms with Crippen LogP contribution in [0.1, 0.15) is 13.8 Å². The van der Waals surface area contributed by atoms with E-state index in [1.165, 1.54) is 0 Å². The molecule has 4 N–H and O–H groups in total. The highest BCUT2D eigenvalue weighted by Gasteiger charge is 2.16. The molecule has 0 bridgehead atoms. The fraction of sp³-hybridized carbons (Fsp3) is 0.357. The number of halogens is 1. The van der Waals surface area contributed by atoms with Gasteiger partial charge in [-0.2, -0.15) is 0 Å². The Balaban J connectivity index is 2.37. The zero-order valence-corrected chi connectivity index (χ0v) is 12.7. The van der Waals surface area contributed by atoms with Crippen molar-refractivity contribution in [2.75, 3.05) is 24.2 Å². The molecule has 0 aliphatic carbocycles. The number of nitrogens with zero attached hydrogens (tertiary/aromatic N) is 1. The lowest BCUT2D eigenvalue weighted by Gasteiger charge is -2.23. The summed E-state index contributed by atoms with van der Waals surface area (Å²) < 4.78 is 0.902. The van der Waals surface area contributed by atoms with E-state index in [1.807, 2.05) is 32.0 Å². The van der Waals surface area contributed by atoms with Gasteiger partial charge in [0.25, 0.3) is 0 Å². The van der Waals surface area contributed by atoms with Crippen LogP contribution in [0.25, 0.3) is 10.9 Å². The Bertz CT molecular complexity index is 599. The van der Waals surface area contributed by atoms with Gasteiger partial charge in [-0.25, -0.2) is 0 Å². The summed E-state index contributed by atoms with van der Waals surface area (Å²) in [6.07, 6.45) is 1.75. The number of aliphatic hydroxyl groups excluding tert-OH is 1. The summed E-state index contributed by atoms with van der Waals surface area (Å²) in [7, 11) is 0. The maximum absolute atomic E-state index is 9.28. The summed E-state index contributed by atoms with van der Waals surface area (Å²) >= 11 is 3.40. The topological polar surface area (TPSA) is 71.2 Å². The van der Waals surface area contributed by atoms with E-state index in [0.717, 1.165) is 21.1 Å². The minimum atomic E-state index is -0.178. The average Bonchev–Trinajstić information content (AvgIpc) is 2.38. The summed E-state index contributed by atoms with van der Waals surface area (Å²) in [6.45, 7) is 4.80. The molecule has 1 aromatic heterocycles. The largest absolute Gasteiger partial charge is 0.398 e. The highest BCUT2D eigenvalue weighted by molar-refractivity contribution is 9.10. The van der Waals surface area contributed by atoms with Gasteiger partial charge in [0.05, 0.1) is 11.2 Å². The Morgan fingerprint density at radius 3 is 2.84 bits per heavy atom. The SMILES string of the molecule is CC(C)(CO)CNc1ccc(N)c2cc(Br)cnc12. The average molecular weight is 324 g/mol. The van der Waals surface area contributed by atoms with Crippen molar-refractivity contribution in [2.24, 2.45) is 5.41 Å². The van der Waals surface area contributed by atoms with Crippen molar-refractivity contribution >= 4 is 38.2 Å². The maximum atomic E-state index is 9.28. The van der Waals surface area contributed by atoms with Gasteiger partial charge < -0.3 is 16.2 Å². The number of rotatable bonds is 4. The number of hydrogen-bond acceptors (Lipinski definition) is 4. The fourth-order valence-corrected chi connectivity index (χ4v) is 2.08. The van der Waals surface area contributed by atoms with Gasteiger partial charge in [0.1, 0.15) is 0 Å². The molecule has 2 aromatic rings. The molecule has 0 fully saturated rings. The minimum absolute atomic E-state index is 0.131. The highest BCUT2D eigenvalue weighted by atomic mass is 79.9. The quantitative estimate of drug-likeness (QED) is 0.756. The zero-order chi connectivity index (χ0) is 14.0. The van der Waals surface area contributed by atoms with Crippen LogP contribution in [0.15, 0.2) is 28.9 Å². The molecular formula is C14H18BrN3O. The molecule has 0 amide bonds. The van der Waals surface area contributed by atoms with Crippen LogP contribution in [0.2, 0.25) is 0 Å². The summed E-state index contributed by atoms with van der Waals surface area (Å²) in [5.41, 5.74) is 8.27. The lowest BCUT2D eigenvalue weighted by atomic mass is 9.95. The van der Waals surface area contributed by atoms with Crippen molar-refractivity contribution in [3.05, 3.63) is 28.9 Å². The molecule has 0 saturated carbocycles. The number of nitrogens with one attached hydrogen (secondary N) is 1. The third-order valence-electron chi connectivity index (χ3n) is 3.04. The first-order valence-corrected chi connectivity index (χ1v) is 6.91. The van der Waals surface area contributed by atoms with Crippen molar-refractivity contribution in [2.45, 2.75) is 13.8 Å². The van der Waals surface area contributed by atoms with Crippen molar-refractivity contribution in [3.8, 4) is 0 Å². The second-order valence-electron chi connectivity index (χ2n) is 5.43. The summed E-state index contributed by atoms with van der Waals surface area (Å²) in [6, 6.07) is 5.75. The van der Waals surface area contributed by atoms with Crippen molar-refractivity contribution < 1.29 is 5.11 Å². The number of anilines is 2. The van der Waals surface area contributed by atoms with Crippen LogP contribution in [-0.4, -0.2) is 23.2 Å². The van der Waals surface area contributed by atoms with Crippen molar-refractivity contribution in [3.63, 3.8) is 0 Å². The third-order valence-corrected chi connectivity index (χ3v) is 3.47. The van der Waals surface area contributed by atoms with Crippen LogP contribution in [0.3, 0.4) is 0 Å².